The molecule has 3 aromatic rings. The number of nitrogens with zero attached hydrogens (tertiary/aromatic N) is 2. The summed E-state index contributed by atoms with van der Waals surface area (Å²) in [5.41, 5.74) is 4.31. The molecule has 29 heavy (non-hydrogen) atoms. The number of aromatic nitrogens is 1. The fourth-order valence-corrected chi connectivity index (χ4v) is 4.82. The highest BCUT2D eigenvalue weighted by Crippen LogP contribution is 2.43. The summed E-state index contributed by atoms with van der Waals surface area (Å²) in [7, 11) is 0. The second-order valence-electron chi connectivity index (χ2n) is 8.24. The van der Waals surface area contributed by atoms with E-state index in [4.69, 9.17) is 4.74 Å². The molecule has 2 unspecified atom stereocenters. The summed E-state index contributed by atoms with van der Waals surface area (Å²) >= 11 is 0. The minimum absolute atomic E-state index is 0.666. The van der Waals surface area contributed by atoms with Gasteiger partial charge in [0.05, 0.1) is 6.54 Å². The molecule has 3 heteroatoms. The van der Waals surface area contributed by atoms with Crippen molar-refractivity contribution >= 4 is 5.57 Å². The van der Waals surface area contributed by atoms with Gasteiger partial charge in [0.1, 0.15) is 12.4 Å². The largest absolute Gasteiger partial charge is 0.492 e. The standard InChI is InChI=1S/C26H28N2O/c1-2-6-21(7-3-1)18-28-19-23-10-13-25(26(23)20-28)22-8-11-24(12-9-22)29-17-16-27-14-4-5-15-27/h1-9,11-15,23,26H,10,16-20H2. The van der Waals surface area contributed by atoms with Crippen LogP contribution in [0.25, 0.3) is 5.57 Å². The van der Waals surface area contributed by atoms with Crippen LogP contribution < -0.4 is 4.74 Å². The number of likely N-dealkylation sites (tertiary alicyclic amines) is 1. The summed E-state index contributed by atoms with van der Waals surface area (Å²) in [5, 5.41) is 0. The third-order valence-electron chi connectivity index (χ3n) is 6.28. The minimum atomic E-state index is 0.666. The molecular weight excluding hydrogens is 356 g/mol. The maximum atomic E-state index is 5.92. The summed E-state index contributed by atoms with van der Waals surface area (Å²) in [6.07, 6.45) is 7.81. The molecule has 0 saturated carbocycles. The topological polar surface area (TPSA) is 17.4 Å². The van der Waals surface area contributed by atoms with Gasteiger partial charge in [0.15, 0.2) is 0 Å². The molecule has 3 nitrogen and oxygen atoms in total. The molecular formula is C26H28N2O. The van der Waals surface area contributed by atoms with Crippen molar-refractivity contribution in [3.05, 3.63) is 96.3 Å². The van der Waals surface area contributed by atoms with Crippen LogP contribution in [0.1, 0.15) is 17.5 Å². The zero-order valence-electron chi connectivity index (χ0n) is 16.8. The van der Waals surface area contributed by atoms with Gasteiger partial charge in [-0.3, -0.25) is 4.90 Å². The van der Waals surface area contributed by atoms with Gasteiger partial charge < -0.3 is 9.30 Å². The number of hydrogen-bond acceptors (Lipinski definition) is 2. The second-order valence-corrected chi connectivity index (χ2v) is 8.24. The number of fused-ring (bicyclic) bond motifs is 1. The van der Waals surface area contributed by atoms with Gasteiger partial charge >= 0.3 is 0 Å². The molecule has 0 amide bonds. The molecule has 0 bridgehead atoms. The van der Waals surface area contributed by atoms with E-state index in [1.807, 2.05) is 12.1 Å². The number of allylic oxidation sites excluding steroid dienone is 1. The average molecular weight is 385 g/mol. The lowest BCUT2D eigenvalue weighted by Crippen LogP contribution is -2.20. The smallest absolute Gasteiger partial charge is 0.119 e. The molecule has 2 heterocycles. The van der Waals surface area contributed by atoms with Crippen molar-refractivity contribution in [3.8, 4) is 5.75 Å². The van der Waals surface area contributed by atoms with Crippen LogP contribution in [0.5, 0.6) is 5.75 Å². The first kappa shape index (κ1) is 18.3. The van der Waals surface area contributed by atoms with Gasteiger partial charge in [0.2, 0.25) is 0 Å². The first-order valence-electron chi connectivity index (χ1n) is 10.7. The third kappa shape index (κ3) is 4.15. The Balaban J connectivity index is 1.18. The van der Waals surface area contributed by atoms with Crippen molar-refractivity contribution in [2.75, 3.05) is 19.7 Å². The highest BCUT2D eigenvalue weighted by atomic mass is 16.5. The number of benzene rings is 2. The molecule has 2 aliphatic rings. The van der Waals surface area contributed by atoms with E-state index >= 15 is 0 Å². The average Bonchev–Trinajstić information content (AvgIpc) is 3.47. The molecule has 1 aliphatic carbocycles. The van der Waals surface area contributed by atoms with Crippen LogP contribution in [-0.2, 0) is 13.1 Å². The lowest BCUT2D eigenvalue weighted by molar-refractivity contribution is 0.298. The monoisotopic (exact) mass is 384 g/mol. The zero-order chi connectivity index (χ0) is 19.5. The maximum Gasteiger partial charge on any atom is 0.119 e. The van der Waals surface area contributed by atoms with Crippen molar-refractivity contribution in [2.24, 2.45) is 11.8 Å². The Kier molecular flexibility index (Phi) is 5.23. The first-order valence-corrected chi connectivity index (χ1v) is 10.7. The SMILES string of the molecule is C1=C(c2ccc(OCCn3cccc3)cc2)C2CN(Cc3ccccc3)CC2C1. The predicted molar refractivity (Wildman–Crippen MR) is 118 cm³/mol. The van der Waals surface area contributed by atoms with E-state index in [9.17, 15) is 0 Å². The van der Waals surface area contributed by atoms with Gasteiger partial charge in [-0.15, -0.1) is 0 Å². The van der Waals surface area contributed by atoms with Crippen molar-refractivity contribution < 1.29 is 4.74 Å². The third-order valence-corrected chi connectivity index (χ3v) is 6.28. The Morgan fingerprint density at radius 2 is 1.66 bits per heavy atom. The molecule has 2 atom stereocenters. The van der Waals surface area contributed by atoms with Crippen molar-refractivity contribution in [2.45, 2.75) is 19.5 Å². The lowest BCUT2D eigenvalue weighted by Gasteiger charge is -2.18. The molecule has 0 N–H and O–H groups in total. The number of ether oxygens (including phenoxy) is 1. The Labute approximate surface area is 173 Å². The Hall–Kier alpha value is -2.78. The number of hydrogen-bond donors (Lipinski definition) is 0. The van der Waals surface area contributed by atoms with Crippen LogP contribution in [0.4, 0.5) is 0 Å². The summed E-state index contributed by atoms with van der Waals surface area (Å²) in [6, 6.07) is 23.6. The molecule has 148 valence electrons. The van der Waals surface area contributed by atoms with Crippen molar-refractivity contribution in [3.63, 3.8) is 0 Å². The first-order chi connectivity index (χ1) is 14.3. The minimum Gasteiger partial charge on any atom is -0.492 e. The fourth-order valence-electron chi connectivity index (χ4n) is 4.82. The van der Waals surface area contributed by atoms with E-state index in [0.29, 0.717) is 12.5 Å². The lowest BCUT2D eigenvalue weighted by atomic mass is 9.91. The molecule has 2 aromatic carbocycles. The van der Waals surface area contributed by atoms with Crippen molar-refractivity contribution in [1.29, 1.82) is 0 Å². The summed E-state index contributed by atoms with van der Waals surface area (Å²) < 4.78 is 8.06. The van der Waals surface area contributed by atoms with Gasteiger partial charge in [-0.05, 0) is 53.3 Å². The Morgan fingerprint density at radius 3 is 2.45 bits per heavy atom. The summed E-state index contributed by atoms with van der Waals surface area (Å²) in [5.74, 6) is 2.39. The van der Waals surface area contributed by atoms with Gasteiger partial charge in [-0.1, -0.05) is 48.5 Å². The van der Waals surface area contributed by atoms with E-state index in [1.54, 1.807) is 0 Å². The summed E-state index contributed by atoms with van der Waals surface area (Å²) in [6.45, 7) is 5.01. The van der Waals surface area contributed by atoms with Crippen LogP contribution in [-0.4, -0.2) is 29.2 Å². The molecule has 5 rings (SSSR count). The van der Waals surface area contributed by atoms with E-state index in [1.165, 1.54) is 36.2 Å². The quantitative estimate of drug-likeness (QED) is 0.564. The van der Waals surface area contributed by atoms with E-state index in [2.05, 4.69) is 82.5 Å². The molecule has 1 fully saturated rings. The van der Waals surface area contributed by atoms with Gasteiger partial charge in [-0.2, -0.15) is 0 Å². The van der Waals surface area contributed by atoms with Crippen LogP contribution in [0.3, 0.4) is 0 Å². The highest BCUT2D eigenvalue weighted by molar-refractivity contribution is 5.70. The Morgan fingerprint density at radius 1 is 0.862 bits per heavy atom. The summed E-state index contributed by atoms with van der Waals surface area (Å²) in [4.78, 5) is 2.62. The van der Waals surface area contributed by atoms with Gasteiger partial charge in [-0.25, -0.2) is 0 Å². The highest BCUT2D eigenvalue weighted by Gasteiger charge is 2.38. The van der Waals surface area contributed by atoms with Crippen LogP contribution in [0.15, 0.2) is 85.2 Å². The second kappa shape index (κ2) is 8.30. The molecule has 0 spiro atoms. The van der Waals surface area contributed by atoms with Crippen LogP contribution in [0.2, 0.25) is 0 Å². The number of rotatable bonds is 7. The van der Waals surface area contributed by atoms with Crippen LogP contribution in [0, 0.1) is 11.8 Å². The van der Waals surface area contributed by atoms with Gasteiger partial charge in [0.25, 0.3) is 0 Å². The fraction of sp³-hybridized carbons (Fsp3) is 0.308. The normalized spacial score (nSPS) is 21.2. The van der Waals surface area contributed by atoms with E-state index in [0.717, 1.165) is 24.8 Å². The van der Waals surface area contributed by atoms with Crippen molar-refractivity contribution in [1.82, 2.24) is 9.47 Å². The van der Waals surface area contributed by atoms with E-state index in [-0.39, 0.29) is 0 Å². The molecule has 1 saturated heterocycles. The molecule has 0 radical (unpaired) electrons. The van der Waals surface area contributed by atoms with Gasteiger partial charge in [0, 0.05) is 37.9 Å². The maximum absolute atomic E-state index is 5.92. The Bertz CT molecular complexity index is 944. The zero-order valence-corrected chi connectivity index (χ0v) is 16.8. The predicted octanol–water partition coefficient (Wildman–Crippen LogP) is 5.10. The van der Waals surface area contributed by atoms with E-state index < -0.39 is 0 Å². The van der Waals surface area contributed by atoms with Crippen LogP contribution >= 0.6 is 0 Å². The molecule has 1 aromatic heterocycles. The molecule has 1 aliphatic heterocycles.